The number of para-hydroxylation sites is 1. The first kappa shape index (κ1) is 14.8. The van der Waals surface area contributed by atoms with Gasteiger partial charge in [-0.15, -0.1) is 0 Å². The van der Waals surface area contributed by atoms with Gasteiger partial charge in [-0.3, -0.25) is 0 Å². The summed E-state index contributed by atoms with van der Waals surface area (Å²) in [4.78, 5) is 0. The van der Waals surface area contributed by atoms with E-state index in [0.717, 1.165) is 44.9 Å². The monoisotopic (exact) mass is 340 g/mol. The number of hydrogen-bond donors (Lipinski definition) is 0. The first-order valence-corrected chi connectivity index (χ1v) is 8.53. The molecule has 0 aliphatic carbocycles. The molecule has 1 aliphatic rings. The van der Waals surface area contributed by atoms with Crippen LogP contribution in [0.4, 0.5) is 0 Å². The summed E-state index contributed by atoms with van der Waals surface area (Å²) in [7, 11) is 0. The fourth-order valence-corrected chi connectivity index (χ4v) is 3.29. The molecule has 0 N–H and O–H groups in total. The van der Waals surface area contributed by atoms with Gasteiger partial charge in [-0.05, 0) is 35.4 Å². The highest BCUT2D eigenvalue weighted by molar-refractivity contribution is 5.87. The molecule has 0 amide bonds. The highest BCUT2D eigenvalue weighted by Gasteiger charge is 2.21. The molecule has 1 aliphatic heterocycles. The molecular formula is C23H16O3. The first-order valence-electron chi connectivity index (χ1n) is 8.53. The zero-order valence-electron chi connectivity index (χ0n) is 14.0. The van der Waals surface area contributed by atoms with E-state index < -0.39 is 0 Å². The van der Waals surface area contributed by atoms with Crippen LogP contribution in [0, 0.1) is 0 Å². The fraction of sp³-hybridized carbons (Fsp3) is 0.0435. The molecule has 0 saturated carbocycles. The SMILES string of the molecule is C(=C\c1ccc2c(c1-c1ccccc1)OCO2)/c1cc2ccccc2o1. The summed E-state index contributed by atoms with van der Waals surface area (Å²) in [6, 6.07) is 24.3. The van der Waals surface area contributed by atoms with Crippen LogP contribution in [0.25, 0.3) is 34.2 Å². The molecule has 26 heavy (non-hydrogen) atoms. The Hall–Kier alpha value is -3.46. The van der Waals surface area contributed by atoms with Gasteiger partial charge in [0.25, 0.3) is 0 Å². The lowest BCUT2D eigenvalue weighted by atomic mass is 9.97. The lowest BCUT2D eigenvalue weighted by Gasteiger charge is -2.10. The van der Waals surface area contributed by atoms with Gasteiger partial charge < -0.3 is 13.9 Å². The van der Waals surface area contributed by atoms with Gasteiger partial charge in [0, 0.05) is 10.9 Å². The predicted octanol–water partition coefficient (Wildman–Crippen LogP) is 6.00. The van der Waals surface area contributed by atoms with Crippen LogP contribution >= 0.6 is 0 Å². The molecule has 1 aromatic heterocycles. The van der Waals surface area contributed by atoms with Crippen molar-refractivity contribution in [1.82, 2.24) is 0 Å². The quantitative estimate of drug-likeness (QED) is 0.458. The zero-order valence-corrected chi connectivity index (χ0v) is 14.0. The smallest absolute Gasteiger partial charge is 0.231 e. The van der Waals surface area contributed by atoms with Crippen LogP contribution < -0.4 is 9.47 Å². The van der Waals surface area contributed by atoms with E-state index >= 15 is 0 Å². The highest BCUT2D eigenvalue weighted by atomic mass is 16.7. The molecule has 4 aromatic rings. The van der Waals surface area contributed by atoms with Crippen molar-refractivity contribution in [1.29, 1.82) is 0 Å². The van der Waals surface area contributed by atoms with Crippen LogP contribution in [0.3, 0.4) is 0 Å². The van der Waals surface area contributed by atoms with Crippen LogP contribution in [0.15, 0.2) is 77.2 Å². The number of fused-ring (bicyclic) bond motifs is 2. The van der Waals surface area contributed by atoms with Crippen LogP contribution in [0.2, 0.25) is 0 Å². The first-order chi connectivity index (χ1) is 12.9. The van der Waals surface area contributed by atoms with E-state index in [-0.39, 0.29) is 6.79 Å². The van der Waals surface area contributed by atoms with Gasteiger partial charge >= 0.3 is 0 Å². The molecule has 0 fully saturated rings. The Kier molecular flexibility index (Phi) is 3.49. The van der Waals surface area contributed by atoms with Crippen LogP contribution in [0.5, 0.6) is 11.5 Å². The maximum absolute atomic E-state index is 5.89. The van der Waals surface area contributed by atoms with E-state index in [1.807, 2.05) is 60.7 Å². The summed E-state index contributed by atoms with van der Waals surface area (Å²) in [6.45, 7) is 0.256. The van der Waals surface area contributed by atoms with Crippen LogP contribution in [-0.4, -0.2) is 6.79 Å². The summed E-state index contributed by atoms with van der Waals surface area (Å²) < 4.78 is 17.2. The van der Waals surface area contributed by atoms with E-state index in [4.69, 9.17) is 13.9 Å². The Balaban J connectivity index is 1.60. The Bertz CT molecular complexity index is 1070. The van der Waals surface area contributed by atoms with Gasteiger partial charge in [0.1, 0.15) is 11.3 Å². The molecular weight excluding hydrogens is 324 g/mol. The molecule has 0 spiro atoms. The van der Waals surface area contributed by atoms with Gasteiger partial charge in [0.05, 0.1) is 0 Å². The van der Waals surface area contributed by atoms with Crippen molar-refractivity contribution in [2.45, 2.75) is 0 Å². The van der Waals surface area contributed by atoms with Crippen molar-refractivity contribution < 1.29 is 13.9 Å². The second-order valence-electron chi connectivity index (χ2n) is 6.15. The number of rotatable bonds is 3. The van der Waals surface area contributed by atoms with Gasteiger partial charge in [-0.1, -0.05) is 60.7 Å². The minimum absolute atomic E-state index is 0.256. The largest absolute Gasteiger partial charge is 0.457 e. The molecule has 5 rings (SSSR count). The zero-order chi connectivity index (χ0) is 17.3. The second-order valence-corrected chi connectivity index (χ2v) is 6.15. The Morgan fingerprint density at radius 3 is 2.50 bits per heavy atom. The van der Waals surface area contributed by atoms with E-state index in [0.29, 0.717) is 0 Å². The Morgan fingerprint density at radius 1 is 0.769 bits per heavy atom. The molecule has 3 heteroatoms. The molecule has 3 nitrogen and oxygen atoms in total. The molecule has 2 heterocycles. The third-order valence-corrected chi connectivity index (χ3v) is 4.51. The molecule has 0 bridgehead atoms. The molecule has 0 saturated heterocycles. The summed E-state index contributed by atoms with van der Waals surface area (Å²) in [5.74, 6) is 2.40. The third kappa shape index (κ3) is 2.54. The van der Waals surface area contributed by atoms with E-state index in [1.165, 1.54) is 0 Å². The summed E-state index contributed by atoms with van der Waals surface area (Å²) in [5.41, 5.74) is 4.08. The average Bonchev–Trinajstić information content (AvgIpc) is 3.32. The lowest BCUT2D eigenvalue weighted by Crippen LogP contribution is -1.94. The Labute approximate surface area is 151 Å². The van der Waals surface area contributed by atoms with Crippen molar-refractivity contribution in [3.63, 3.8) is 0 Å². The maximum atomic E-state index is 5.89. The van der Waals surface area contributed by atoms with E-state index in [2.05, 4.69) is 24.3 Å². The molecule has 3 aromatic carbocycles. The third-order valence-electron chi connectivity index (χ3n) is 4.51. The molecule has 0 unspecified atom stereocenters. The number of hydrogen-bond acceptors (Lipinski definition) is 3. The van der Waals surface area contributed by atoms with E-state index in [9.17, 15) is 0 Å². The highest BCUT2D eigenvalue weighted by Crippen LogP contribution is 2.44. The van der Waals surface area contributed by atoms with Crippen molar-refractivity contribution >= 4 is 23.1 Å². The Morgan fingerprint density at radius 2 is 1.62 bits per heavy atom. The van der Waals surface area contributed by atoms with Crippen molar-refractivity contribution in [3.8, 4) is 22.6 Å². The average molecular weight is 340 g/mol. The minimum atomic E-state index is 0.256. The van der Waals surface area contributed by atoms with Crippen LogP contribution in [-0.2, 0) is 0 Å². The van der Waals surface area contributed by atoms with Crippen molar-refractivity contribution in [2.75, 3.05) is 6.79 Å². The summed E-state index contributed by atoms with van der Waals surface area (Å²) >= 11 is 0. The summed E-state index contributed by atoms with van der Waals surface area (Å²) in [5, 5.41) is 1.10. The number of ether oxygens (including phenoxy) is 2. The standard InChI is InChI=1S/C23H16O3/c1-2-6-16(7-3-1)22-17(11-13-21-23(22)25-15-24-21)10-12-19-14-18-8-4-5-9-20(18)26-19/h1-14H,15H2/b12-10+. The second kappa shape index (κ2) is 6.12. The normalized spacial score (nSPS) is 12.9. The molecule has 0 atom stereocenters. The molecule has 0 radical (unpaired) electrons. The summed E-state index contributed by atoms with van der Waals surface area (Å²) in [6.07, 6.45) is 4.05. The topological polar surface area (TPSA) is 31.6 Å². The predicted molar refractivity (Wildman–Crippen MR) is 103 cm³/mol. The van der Waals surface area contributed by atoms with Gasteiger partial charge in [0.15, 0.2) is 11.5 Å². The fourth-order valence-electron chi connectivity index (χ4n) is 3.29. The van der Waals surface area contributed by atoms with Gasteiger partial charge in [-0.25, -0.2) is 0 Å². The maximum Gasteiger partial charge on any atom is 0.231 e. The van der Waals surface area contributed by atoms with Crippen LogP contribution in [0.1, 0.15) is 11.3 Å². The lowest BCUT2D eigenvalue weighted by molar-refractivity contribution is 0.174. The minimum Gasteiger partial charge on any atom is -0.457 e. The van der Waals surface area contributed by atoms with Crippen molar-refractivity contribution in [3.05, 3.63) is 84.1 Å². The van der Waals surface area contributed by atoms with Gasteiger partial charge in [-0.2, -0.15) is 0 Å². The van der Waals surface area contributed by atoms with Crippen molar-refractivity contribution in [2.24, 2.45) is 0 Å². The molecule has 126 valence electrons. The van der Waals surface area contributed by atoms with Gasteiger partial charge in [0.2, 0.25) is 6.79 Å². The van der Waals surface area contributed by atoms with E-state index in [1.54, 1.807) is 0 Å². The number of benzene rings is 3. The number of furan rings is 1.